The van der Waals surface area contributed by atoms with Gasteiger partial charge in [-0.15, -0.1) is 0 Å². The van der Waals surface area contributed by atoms with Crippen molar-refractivity contribution < 1.29 is 23.1 Å². The quantitative estimate of drug-likeness (QED) is 0.888. The number of hydrogen-bond donors (Lipinski definition) is 2. The number of carbonyl (C=O) groups excluding carboxylic acids is 1. The molecular weight excluding hydrogens is 319 g/mol. The lowest BCUT2D eigenvalue weighted by Gasteiger charge is -2.44. The summed E-state index contributed by atoms with van der Waals surface area (Å²) in [6, 6.07) is 7.92. The van der Waals surface area contributed by atoms with Gasteiger partial charge in [0.1, 0.15) is 0 Å². The van der Waals surface area contributed by atoms with Crippen molar-refractivity contribution in [1.82, 2.24) is 5.32 Å². The number of alkyl halides is 3. The van der Waals surface area contributed by atoms with Crippen molar-refractivity contribution in [3.8, 4) is 0 Å². The maximum atomic E-state index is 12.8. The summed E-state index contributed by atoms with van der Waals surface area (Å²) in [4.78, 5) is 11.6. The van der Waals surface area contributed by atoms with E-state index in [1.54, 1.807) is 30.3 Å². The fourth-order valence-electron chi connectivity index (χ4n) is 5.65. The zero-order valence-electron chi connectivity index (χ0n) is 13.1. The van der Waals surface area contributed by atoms with Gasteiger partial charge in [0.15, 0.2) is 0 Å². The van der Waals surface area contributed by atoms with E-state index in [0.717, 1.165) is 12.8 Å². The van der Waals surface area contributed by atoms with Crippen LogP contribution in [0.25, 0.3) is 0 Å². The van der Waals surface area contributed by atoms with E-state index in [9.17, 15) is 23.1 Å². The number of hydrogen-bond acceptors (Lipinski definition) is 2. The maximum Gasteiger partial charge on any atom is 0.471 e. The number of nitrogens with one attached hydrogen (secondary N) is 1. The first kappa shape index (κ1) is 15.9. The summed E-state index contributed by atoms with van der Waals surface area (Å²) >= 11 is 0. The number of benzene rings is 1. The molecule has 1 aromatic carbocycles. The van der Waals surface area contributed by atoms with Gasteiger partial charge in [-0.2, -0.15) is 13.2 Å². The summed E-state index contributed by atoms with van der Waals surface area (Å²) in [5.41, 5.74) is -0.333. The van der Waals surface area contributed by atoms with Crippen molar-refractivity contribution in [3.63, 3.8) is 0 Å². The SMILES string of the molecule is O=C(N[C@@H](c1ccccc1)[C@H]1C2CC3C[C@H]2C[C@@]1(O)C3)C(F)(F)F. The highest BCUT2D eigenvalue weighted by Gasteiger charge is 2.63. The second-order valence-electron chi connectivity index (χ2n) is 7.66. The average Bonchev–Trinajstić information content (AvgIpc) is 2.90. The molecule has 2 unspecified atom stereocenters. The van der Waals surface area contributed by atoms with E-state index in [1.807, 2.05) is 0 Å². The Morgan fingerprint density at radius 3 is 2.54 bits per heavy atom. The Morgan fingerprint density at radius 2 is 1.92 bits per heavy atom. The molecule has 4 bridgehead atoms. The molecule has 24 heavy (non-hydrogen) atoms. The van der Waals surface area contributed by atoms with Crippen molar-refractivity contribution in [3.05, 3.63) is 35.9 Å². The van der Waals surface area contributed by atoms with Crippen LogP contribution in [0.15, 0.2) is 30.3 Å². The summed E-state index contributed by atoms with van der Waals surface area (Å²) in [6.45, 7) is 0. The van der Waals surface area contributed by atoms with Crippen molar-refractivity contribution >= 4 is 5.91 Å². The van der Waals surface area contributed by atoms with Crippen LogP contribution in [0.5, 0.6) is 0 Å². The van der Waals surface area contributed by atoms with Crippen LogP contribution in [0.1, 0.15) is 37.3 Å². The van der Waals surface area contributed by atoms with Gasteiger partial charge in [0, 0.05) is 5.92 Å². The van der Waals surface area contributed by atoms with Crippen LogP contribution in [-0.2, 0) is 4.79 Å². The molecule has 0 spiro atoms. The molecule has 4 fully saturated rings. The zero-order chi connectivity index (χ0) is 17.1. The lowest BCUT2D eigenvalue weighted by Crippen LogP contribution is -2.50. The second-order valence-corrected chi connectivity index (χ2v) is 7.66. The van der Waals surface area contributed by atoms with Gasteiger partial charge < -0.3 is 10.4 Å². The van der Waals surface area contributed by atoms with E-state index in [0.29, 0.717) is 30.2 Å². The van der Waals surface area contributed by atoms with Crippen molar-refractivity contribution in [1.29, 1.82) is 0 Å². The topological polar surface area (TPSA) is 49.3 Å². The molecule has 6 atom stereocenters. The van der Waals surface area contributed by atoms with Crippen LogP contribution in [0.3, 0.4) is 0 Å². The molecular formula is C18H20F3NO2. The van der Waals surface area contributed by atoms with Crippen LogP contribution in [0.2, 0.25) is 0 Å². The monoisotopic (exact) mass is 339 g/mol. The Bertz CT molecular complexity index is 643. The maximum absolute atomic E-state index is 12.8. The molecule has 2 N–H and O–H groups in total. The lowest BCUT2D eigenvalue weighted by molar-refractivity contribution is -0.176. The van der Waals surface area contributed by atoms with Gasteiger partial charge >= 0.3 is 12.1 Å². The van der Waals surface area contributed by atoms with Gasteiger partial charge in [0.25, 0.3) is 0 Å². The predicted molar refractivity (Wildman–Crippen MR) is 80.8 cm³/mol. The Hall–Kier alpha value is -1.56. The first-order valence-electron chi connectivity index (χ1n) is 8.43. The third-order valence-corrected chi connectivity index (χ3v) is 6.25. The number of rotatable bonds is 3. The number of halogens is 3. The largest absolute Gasteiger partial charge is 0.471 e. The molecule has 4 aliphatic carbocycles. The molecule has 130 valence electrons. The first-order valence-corrected chi connectivity index (χ1v) is 8.43. The van der Waals surface area contributed by atoms with Gasteiger partial charge in [-0.05, 0) is 49.0 Å². The van der Waals surface area contributed by atoms with Crippen LogP contribution < -0.4 is 5.32 Å². The number of carbonyl (C=O) groups is 1. The van der Waals surface area contributed by atoms with Crippen molar-refractivity contribution in [2.75, 3.05) is 0 Å². The van der Waals surface area contributed by atoms with E-state index < -0.39 is 23.7 Å². The summed E-state index contributed by atoms with van der Waals surface area (Å²) in [7, 11) is 0. The highest BCUT2D eigenvalue weighted by atomic mass is 19.4. The van der Waals surface area contributed by atoms with E-state index in [4.69, 9.17) is 0 Å². The van der Waals surface area contributed by atoms with Crippen LogP contribution in [-0.4, -0.2) is 22.8 Å². The van der Waals surface area contributed by atoms with E-state index >= 15 is 0 Å². The molecule has 1 amide bonds. The van der Waals surface area contributed by atoms with Gasteiger partial charge in [-0.25, -0.2) is 0 Å². The Morgan fingerprint density at radius 1 is 1.21 bits per heavy atom. The fraction of sp³-hybridized carbons (Fsp3) is 0.611. The predicted octanol–water partition coefficient (Wildman–Crippen LogP) is 3.20. The Labute approximate surface area is 138 Å². The molecule has 4 aliphatic rings. The minimum Gasteiger partial charge on any atom is -0.389 e. The van der Waals surface area contributed by atoms with Crippen LogP contribution in [0, 0.1) is 23.7 Å². The molecule has 4 saturated carbocycles. The highest BCUT2D eigenvalue weighted by Crippen LogP contribution is 2.65. The number of aliphatic hydroxyl groups is 1. The fourth-order valence-corrected chi connectivity index (χ4v) is 5.65. The van der Waals surface area contributed by atoms with Crippen LogP contribution >= 0.6 is 0 Å². The molecule has 0 radical (unpaired) electrons. The minimum absolute atomic E-state index is 0.187. The molecule has 3 nitrogen and oxygen atoms in total. The van der Waals surface area contributed by atoms with Crippen LogP contribution in [0.4, 0.5) is 13.2 Å². The van der Waals surface area contributed by atoms with Crippen molar-refractivity contribution in [2.24, 2.45) is 23.7 Å². The van der Waals surface area contributed by atoms with Crippen molar-refractivity contribution in [2.45, 2.75) is 43.5 Å². The molecule has 5 rings (SSSR count). The average molecular weight is 339 g/mol. The molecule has 0 aliphatic heterocycles. The molecule has 0 aromatic heterocycles. The first-order chi connectivity index (χ1) is 11.3. The molecule has 6 heteroatoms. The molecule has 0 saturated heterocycles. The van der Waals surface area contributed by atoms with E-state index in [2.05, 4.69) is 5.32 Å². The Balaban J connectivity index is 1.70. The van der Waals surface area contributed by atoms with Gasteiger partial charge in [-0.1, -0.05) is 30.3 Å². The van der Waals surface area contributed by atoms with E-state index in [-0.39, 0.29) is 11.8 Å². The van der Waals surface area contributed by atoms with Gasteiger partial charge in [0.2, 0.25) is 0 Å². The third-order valence-electron chi connectivity index (χ3n) is 6.25. The summed E-state index contributed by atoms with van der Waals surface area (Å²) < 4.78 is 38.4. The Kier molecular flexibility index (Phi) is 3.46. The third kappa shape index (κ3) is 2.42. The highest BCUT2D eigenvalue weighted by molar-refractivity contribution is 5.82. The molecule has 0 heterocycles. The zero-order valence-corrected chi connectivity index (χ0v) is 13.1. The van der Waals surface area contributed by atoms with Gasteiger partial charge in [-0.3, -0.25) is 4.79 Å². The second kappa shape index (κ2) is 5.22. The minimum atomic E-state index is -4.93. The summed E-state index contributed by atoms with van der Waals surface area (Å²) in [6.07, 6.45) is -1.65. The van der Waals surface area contributed by atoms with E-state index in [1.165, 1.54) is 0 Å². The summed E-state index contributed by atoms with van der Waals surface area (Å²) in [5, 5.41) is 13.3. The number of amides is 1. The molecule has 1 aromatic rings. The summed E-state index contributed by atoms with van der Waals surface area (Å²) in [5.74, 6) is -1.25. The van der Waals surface area contributed by atoms with Gasteiger partial charge in [0.05, 0.1) is 11.6 Å². The normalized spacial score (nSPS) is 38.3. The lowest BCUT2D eigenvalue weighted by atomic mass is 9.68. The standard InChI is InChI=1S/C18H20F3NO2/c19-18(20,21)16(23)22-15(11-4-2-1-3-5-11)14-13-7-10-6-12(13)9-17(14,24)8-10/h1-5,10,12-15,24H,6-9H2,(H,22,23)/t10?,12-,13?,14+,15-,17-/m0/s1. The smallest absolute Gasteiger partial charge is 0.389 e.